The molecule has 4 heteroatoms. The lowest BCUT2D eigenvalue weighted by molar-refractivity contribution is 0.592. The van der Waals surface area contributed by atoms with Gasteiger partial charge in [0.2, 0.25) is 0 Å². The van der Waals surface area contributed by atoms with Crippen LogP contribution in [0.5, 0.6) is 0 Å². The molecule has 6 aromatic rings. The van der Waals surface area contributed by atoms with E-state index in [9.17, 15) is 0 Å². The van der Waals surface area contributed by atoms with Gasteiger partial charge in [0, 0.05) is 33.7 Å². The minimum atomic E-state index is -3.04. The van der Waals surface area contributed by atoms with Gasteiger partial charge in [0.15, 0.2) is 7.14 Å². The predicted molar refractivity (Wildman–Crippen MR) is 186 cm³/mol. The number of aromatic nitrogens is 2. The smallest absolute Gasteiger partial charge is 0.171 e. The Balaban J connectivity index is 1.10. The van der Waals surface area contributed by atoms with Crippen molar-refractivity contribution in [2.45, 2.75) is 18.3 Å². The summed E-state index contributed by atoms with van der Waals surface area (Å²) in [5.41, 5.74) is 8.52. The summed E-state index contributed by atoms with van der Waals surface area (Å²) in [5.74, 6) is 1.75. The zero-order chi connectivity index (χ0) is 30.0. The molecule has 0 spiro atoms. The van der Waals surface area contributed by atoms with Crippen molar-refractivity contribution in [2.75, 3.05) is 0 Å². The molecular formula is C41H31N2OP. The molecule has 0 fully saturated rings. The zero-order valence-corrected chi connectivity index (χ0v) is 25.6. The van der Waals surface area contributed by atoms with Crippen LogP contribution in [-0.2, 0) is 11.0 Å². The summed E-state index contributed by atoms with van der Waals surface area (Å²) in [6.45, 7) is 0. The topological polar surface area (TPSA) is 34.9 Å². The van der Waals surface area contributed by atoms with Gasteiger partial charge in [0.25, 0.3) is 0 Å². The Morgan fingerprint density at radius 1 is 0.667 bits per heavy atom. The number of hydrogen-bond acceptors (Lipinski definition) is 2. The highest BCUT2D eigenvalue weighted by atomic mass is 31.2. The summed E-state index contributed by atoms with van der Waals surface area (Å²) in [6, 6.07) is 43.5. The van der Waals surface area contributed by atoms with Gasteiger partial charge in [-0.3, -0.25) is 4.57 Å². The summed E-state index contributed by atoms with van der Waals surface area (Å²) >= 11 is 0. The molecule has 3 nitrogen and oxygen atoms in total. The Kier molecular flexibility index (Phi) is 6.05. The monoisotopic (exact) mass is 598 g/mol. The van der Waals surface area contributed by atoms with Gasteiger partial charge in [-0.15, -0.1) is 0 Å². The van der Waals surface area contributed by atoms with Crippen LogP contribution in [0.25, 0.3) is 22.8 Å². The van der Waals surface area contributed by atoms with Crippen LogP contribution >= 0.6 is 7.14 Å². The average Bonchev–Trinajstić information content (AvgIpc) is 3.52. The standard InChI is InChI=1S/C41H31N2OP/c44-45(32-11-3-1-4-12-32,33-13-5-2-6-14-33)34-23-21-28-19-20-29(25-31(28)26-34)30-22-24-35-36-15-7-9-17-39(36)43-40-18-10-8-16-38(40)42-41(43)37(35)27-30/h1-24,26-27,29,35,37H,25H2. The van der Waals surface area contributed by atoms with Gasteiger partial charge in [0.05, 0.1) is 16.7 Å². The summed E-state index contributed by atoms with van der Waals surface area (Å²) < 4.78 is 17.4. The Morgan fingerprint density at radius 2 is 1.38 bits per heavy atom. The molecule has 45 heavy (non-hydrogen) atoms. The minimum Gasteiger partial charge on any atom is -0.309 e. The van der Waals surface area contributed by atoms with Crippen molar-refractivity contribution in [1.29, 1.82) is 0 Å². The van der Waals surface area contributed by atoms with E-state index in [0.29, 0.717) is 0 Å². The first-order valence-corrected chi connectivity index (χ1v) is 17.4. The van der Waals surface area contributed by atoms with Crippen molar-refractivity contribution in [1.82, 2.24) is 9.55 Å². The highest BCUT2D eigenvalue weighted by Crippen LogP contribution is 2.48. The van der Waals surface area contributed by atoms with Gasteiger partial charge in [-0.05, 0) is 52.9 Å². The number of rotatable bonds is 4. The largest absolute Gasteiger partial charge is 0.309 e. The molecule has 0 saturated carbocycles. The first kappa shape index (κ1) is 26.4. The number of fused-ring (bicyclic) bond motifs is 9. The van der Waals surface area contributed by atoms with Gasteiger partial charge in [0.1, 0.15) is 5.82 Å². The number of allylic oxidation sites excluding steroid dienone is 5. The lowest BCUT2D eigenvalue weighted by atomic mass is 9.74. The molecule has 2 aliphatic carbocycles. The van der Waals surface area contributed by atoms with E-state index < -0.39 is 7.14 Å². The number of nitrogens with zero attached hydrogens (tertiary/aromatic N) is 2. The van der Waals surface area contributed by atoms with Crippen LogP contribution in [0.1, 0.15) is 34.4 Å². The van der Waals surface area contributed by atoms with Crippen molar-refractivity contribution >= 4 is 40.2 Å². The van der Waals surface area contributed by atoms with Crippen molar-refractivity contribution in [3.63, 3.8) is 0 Å². The number of imidazole rings is 1. The zero-order valence-electron chi connectivity index (χ0n) is 24.7. The van der Waals surface area contributed by atoms with Crippen molar-refractivity contribution < 1.29 is 4.57 Å². The van der Waals surface area contributed by atoms with E-state index in [-0.39, 0.29) is 17.8 Å². The fourth-order valence-electron chi connectivity index (χ4n) is 7.58. The molecule has 0 amide bonds. The van der Waals surface area contributed by atoms with E-state index in [1.54, 1.807) is 0 Å². The van der Waals surface area contributed by atoms with Crippen LogP contribution in [-0.4, -0.2) is 9.55 Å². The summed E-state index contributed by atoms with van der Waals surface area (Å²) in [7, 11) is -3.04. The lowest BCUT2D eigenvalue weighted by Gasteiger charge is -2.35. The Bertz CT molecular complexity index is 2200. The van der Waals surface area contributed by atoms with Gasteiger partial charge in [-0.2, -0.15) is 0 Å². The summed E-state index contributed by atoms with van der Waals surface area (Å²) in [6.07, 6.45) is 12.6. The molecule has 3 aliphatic rings. The van der Waals surface area contributed by atoms with E-state index in [1.165, 1.54) is 28.0 Å². The van der Waals surface area contributed by atoms with Gasteiger partial charge in [-0.1, -0.05) is 134 Å². The van der Waals surface area contributed by atoms with Crippen molar-refractivity contribution in [2.24, 2.45) is 5.92 Å². The molecule has 0 radical (unpaired) electrons. The number of para-hydroxylation sites is 3. The molecule has 0 bridgehead atoms. The first-order valence-electron chi connectivity index (χ1n) is 15.7. The van der Waals surface area contributed by atoms with Crippen LogP contribution in [0.15, 0.2) is 157 Å². The van der Waals surface area contributed by atoms with Crippen molar-refractivity contribution in [3.05, 3.63) is 180 Å². The third kappa shape index (κ3) is 4.11. The van der Waals surface area contributed by atoms with Crippen LogP contribution in [0.2, 0.25) is 0 Å². The molecule has 3 unspecified atom stereocenters. The molecule has 1 aliphatic heterocycles. The molecular weight excluding hydrogens is 567 g/mol. The molecule has 9 rings (SSSR count). The van der Waals surface area contributed by atoms with Gasteiger partial charge in [-0.25, -0.2) is 4.98 Å². The van der Waals surface area contributed by atoms with Crippen LogP contribution in [0.4, 0.5) is 0 Å². The lowest BCUT2D eigenvalue weighted by Crippen LogP contribution is -2.26. The molecule has 0 N–H and O–H groups in total. The number of benzene rings is 5. The second kappa shape index (κ2) is 10.3. The van der Waals surface area contributed by atoms with Crippen molar-refractivity contribution in [3.8, 4) is 5.69 Å². The van der Waals surface area contributed by atoms with E-state index >= 15 is 4.57 Å². The van der Waals surface area contributed by atoms with E-state index in [1.807, 2.05) is 60.7 Å². The molecule has 3 atom stereocenters. The Labute approximate surface area is 263 Å². The molecule has 1 aromatic heterocycles. The van der Waals surface area contributed by atoms with E-state index in [4.69, 9.17) is 4.98 Å². The van der Waals surface area contributed by atoms with Crippen LogP contribution < -0.4 is 15.9 Å². The van der Waals surface area contributed by atoms with Gasteiger partial charge < -0.3 is 4.57 Å². The maximum atomic E-state index is 15.1. The SMILES string of the molecule is O=P(c1ccccc1)(c1ccccc1)c1ccc2c(c1)CC(C1=CC3c4nc5ccccc5n4-c4ccccc4C3C=C1)C=C2. The third-order valence-electron chi connectivity index (χ3n) is 9.78. The molecule has 0 saturated heterocycles. The van der Waals surface area contributed by atoms with Gasteiger partial charge >= 0.3 is 0 Å². The molecule has 2 heterocycles. The van der Waals surface area contributed by atoms with Crippen LogP contribution in [0, 0.1) is 5.92 Å². The molecule has 216 valence electrons. The minimum absolute atomic E-state index is 0.157. The maximum absolute atomic E-state index is 15.1. The first-order chi connectivity index (χ1) is 22.2. The second-order valence-electron chi connectivity index (χ2n) is 12.3. The fourth-order valence-corrected chi connectivity index (χ4v) is 10.3. The Morgan fingerprint density at radius 3 is 2.18 bits per heavy atom. The Hall–Kier alpha value is -4.98. The number of hydrogen-bond donors (Lipinski definition) is 0. The van der Waals surface area contributed by atoms with E-state index in [0.717, 1.165) is 39.2 Å². The summed E-state index contributed by atoms with van der Waals surface area (Å²) in [5, 5.41) is 2.62. The third-order valence-corrected chi connectivity index (χ3v) is 12.8. The quantitative estimate of drug-likeness (QED) is 0.192. The van der Waals surface area contributed by atoms with E-state index in [2.05, 4.69) is 102 Å². The fraction of sp³-hybridized carbons (Fsp3) is 0.0976. The second-order valence-corrected chi connectivity index (χ2v) is 15.0. The highest BCUT2D eigenvalue weighted by Gasteiger charge is 2.37. The maximum Gasteiger partial charge on any atom is 0.171 e. The van der Waals surface area contributed by atoms with Crippen LogP contribution in [0.3, 0.4) is 0 Å². The highest BCUT2D eigenvalue weighted by molar-refractivity contribution is 7.85. The molecule has 5 aromatic carbocycles. The average molecular weight is 599 g/mol. The predicted octanol–water partition coefficient (Wildman–Crippen LogP) is 8.23. The normalized spacial score (nSPS) is 19.7. The summed E-state index contributed by atoms with van der Waals surface area (Å²) in [4.78, 5) is 5.18.